The number of carbonyl (C=O) groups is 1. The SMILES string of the molecule is CCOC(C)(CC)C(=O)Cc1ccc(F)cc1F. The average Bonchev–Trinajstić information content (AvgIpc) is 2.32. The quantitative estimate of drug-likeness (QED) is 0.780. The lowest BCUT2D eigenvalue weighted by Crippen LogP contribution is -2.39. The molecule has 1 unspecified atom stereocenters. The molecule has 0 spiro atoms. The fourth-order valence-electron chi connectivity index (χ4n) is 1.72. The Labute approximate surface area is 106 Å². The molecule has 0 aliphatic rings. The first-order valence-electron chi connectivity index (χ1n) is 6.04. The summed E-state index contributed by atoms with van der Waals surface area (Å²) in [5.41, 5.74) is -0.712. The van der Waals surface area contributed by atoms with E-state index in [1.807, 2.05) is 6.92 Å². The second-order valence-corrected chi connectivity index (χ2v) is 4.35. The number of ketones is 1. The highest BCUT2D eigenvalue weighted by atomic mass is 19.1. The zero-order chi connectivity index (χ0) is 13.8. The summed E-state index contributed by atoms with van der Waals surface area (Å²) in [6, 6.07) is 3.23. The van der Waals surface area contributed by atoms with E-state index < -0.39 is 17.2 Å². The van der Waals surface area contributed by atoms with Gasteiger partial charge in [0.1, 0.15) is 17.2 Å². The van der Waals surface area contributed by atoms with Gasteiger partial charge in [-0.3, -0.25) is 4.79 Å². The zero-order valence-corrected chi connectivity index (χ0v) is 10.9. The first-order chi connectivity index (χ1) is 8.42. The van der Waals surface area contributed by atoms with Crippen LogP contribution in [0.5, 0.6) is 0 Å². The molecule has 2 nitrogen and oxygen atoms in total. The van der Waals surface area contributed by atoms with Crippen LogP contribution < -0.4 is 0 Å². The summed E-state index contributed by atoms with van der Waals surface area (Å²) in [7, 11) is 0. The molecule has 0 amide bonds. The molecule has 0 aliphatic carbocycles. The van der Waals surface area contributed by atoms with Gasteiger partial charge in [0.05, 0.1) is 0 Å². The molecule has 0 radical (unpaired) electrons. The third-order valence-electron chi connectivity index (χ3n) is 3.09. The summed E-state index contributed by atoms with van der Waals surface area (Å²) in [6.45, 7) is 5.76. The molecule has 1 atom stereocenters. The van der Waals surface area contributed by atoms with E-state index in [0.29, 0.717) is 13.0 Å². The lowest BCUT2D eigenvalue weighted by Gasteiger charge is -2.26. The van der Waals surface area contributed by atoms with Crippen LogP contribution in [-0.4, -0.2) is 18.0 Å². The van der Waals surface area contributed by atoms with Crippen molar-refractivity contribution in [1.29, 1.82) is 0 Å². The van der Waals surface area contributed by atoms with E-state index in [0.717, 1.165) is 12.1 Å². The number of carbonyl (C=O) groups excluding carboxylic acids is 1. The third kappa shape index (κ3) is 3.35. The van der Waals surface area contributed by atoms with Gasteiger partial charge in [-0.25, -0.2) is 8.78 Å². The Bertz CT molecular complexity index is 432. The van der Waals surface area contributed by atoms with Gasteiger partial charge in [-0.1, -0.05) is 13.0 Å². The smallest absolute Gasteiger partial charge is 0.168 e. The number of hydrogen-bond donors (Lipinski definition) is 0. The molecule has 0 aliphatic heterocycles. The summed E-state index contributed by atoms with van der Waals surface area (Å²) >= 11 is 0. The van der Waals surface area contributed by atoms with Crippen molar-refractivity contribution in [2.75, 3.05) is 6.61 Å². The highest BCUT2D eigenvalue weighted by molar-refractivity contribution is 5.88. The maximum Gasteiger partial charge on any atom is 0.168 e. The van der Waals surface area contributed by atoms with Gasteiger partial charge in [-0.15, -0.1) is 0 Å². The third-order valence-corrected chi connectivity index (χ3v) is 3.09. The van der Waals surface area contributed by atoms with Gasteiger partial charge >= 0.3 is 0 Å². The summed E-state index contributed by atoms with van der Waals surface area (Å²) < 4.78 is 31.6. The molecular formula is C14H18F2O2. The fourth-order valence-corrected chi connectivity index (χ4v) is 1.72. The van der Waals surface area contributed by atoms with Gasteiger partial charge < -0.3 is 4.74 Å². The Balaban J connectivity index is 2.86. The monoisotopic (exact) mass is 256 g/mol. The van der Waals surface area contributed by atoms with Crippen LogP contribution in [0.1, 0.15) is 32.8 Å². The molecule has 4 heteroatoms. The van der Waals surface area contributed by atoms with Crippen molar-refractivity contribution < 1.29 is 18.3 Å². The van der Waals surface area contributed by atoms with Gasteiger partial charge in [0.15, 0.2) is 5.78 Å². The maximum absolute atomic E-state index is 13.5. The Morgan fingerprint density at radius 1 is 1.33 bits per heavy atom. The van der Waals surface area contributed by atoms with Crippen molar-refractivity contribution in [1.82, 2.24) is 0 Å². The molecular weight excluding hydrogens is 238 g/mol. The summed E-state index contributed by atoms with van der Waals surface area (Å²) in [6.07, 6.45) is 0.430. The molecule has 100 valence electrons. The van der Waals surface area contributed by atoms with Crippen LogP contribution in [0.2, 0.25) is 0 Å². The van der Waals surface area contributed by atoms with E-state index in [2.05, 4.69) is 0 Å². The zero-order valence-electron chi connectivity index (χ0n) is 10.9. The minimum Gasteiger partial charge on any atom is -0.368 e. The lowest BCUT2D eigenvalue weighted by atomic mass is 9.92. The van der Waals surface area contributed by atoms with Gasteiger partial charge in [0.2, 0.25) is 0 Å². The Morgan fingerprint density at radius 2 is 2.00 bits per heavy atom. The van der Waals surface area contributed by atoms with Gasteiger partial charge in [-0.2, -0.15) is 0 Å². The molecule has 0 fully saturated rings. The molecule has 0 saturated heterocycles. The van der Waals surface area contributed by atoms with Crippen molar-refractivity contribution in [3.05, 3.63) is 35.4 Å². The van der Waals surface area contributed by atoms with Crippen molar-refractivity contribution in [2.45, 2.75) is 39.2 Å². The van der Waals surface area contributed by atoms with Crippen LogP contribution in [0.3, 0.4) is 0 Å². The normalized spacial score (nSPS) is 14.3. The highest BCUT2D eigenvalue weighted by Gasteiger charge is 2.31. The van der Waals surface area contributed by atoms with Crippen LogP contribution in [0, 0.1) is 11.6 Å². The van der Waals surface area contributed by atoms with Crippen molar-refractivity contribution >= 4 is 5.78 Å². The van der Waals surface area contributed by atoms with Gasteiger partial charge in [-0.05, 0) is 31.9 Å². The molecule has 1 rings (SSSR count). The molecule has 0 bridgehead atoms. The maximum atomic E-state index is 13.5. The summed E-state index contributed by atoms with van der Waals surface area (Å²) in [4.78, 5) is 12.1. The number of benzene rings is 1. The van der Waals surface area contributed by atoms with Gasteiger partial charge in [0.25, 0.3) is 0 Å². The van der Waals surface area contributed by atoms with Crippen LogP contribution in [-0.2, 0) is 16.0 Å². The lowest BCUT2D eigenvalue weighted by molar-refractivity contribution is -0.141. The standard InChI is InChI=1S/C14H18F2O2/c1-4-14(3,18-5-2)13(17)8-10-6-7-11(15)9-12(10)16/h6-7,9H,4-5,8H2,1-3H3. The summed E-state index contributed by atoms with van der Waals surface area (Å²) in [5, 5.41) is 0. The predicted octanol–water partition coefficient (Wildman–Crippen LogP) is 3.28. The number of Topliss-reactive ketones (excluding diaryl/α,β-unsaturated/α-hetero) is 1. The molecule has 1 aromatic rings. The van der Waals surface area contributed by atoms with Crippen LogP contribution in [0.25, 0.3) is 0 Å². The molecule has 0 heterocycles. The van der Waals surface area contributed by atoms with E-state index in [1.54, 1.807) is 13.8 Å². The molecule has 0 N–H and O–H groups in total. The Kier molecular flexibility index (Phi) is 4.96. The minimum absolute atomic E-state index is 0.0869. The van der Waals surface area contributed by atoms with E-state index in [9.17, 15) is 13.6 Å². The number of rotatable bonds is 6. The van der Waals surface area contributed by atoms with E-state index >= 15 is 0 Å². The van der Waals surface area contributed by atoms with Crippen molar-refractivity contribution in [2.24, 2.45) is 0 Å². The molecule has 18 heavy (non-hydrogen) atoms. The van der Waals surface area contributed by atoms with E-state index in [1.165, 1.54) is 6.07 Å². The van der Waals surface area contributed by atoms with Crippen LogP contribution >= 0.6 is 0 Å². The van der Waals surface area contributed by atoms with E-state index in [-0.39, 0.29) is 17.8 Å². The number of hydrogen-bond acceptors (Lipinski definition) is 2. The van der Waals surface area contributed by atoms with Crippen molar-refractivity contribution in [3.63, 3.8) is 0 Å². The van der Waals surface area contributed by atoms with Crippen LogP contribution in [0.4, 0.5) is 8.78 Å². The number of halogens is 2. The second kappa shape index (κ2) is 6.05. The number of ether oxygens (including phenoxy) is 1. The first-order valence-corrected chi connectivity index (χ1v) is 6.04. The Hall–Kier alpha value is -1.29. The predicted molar refractivity (Wildman–Crippen MR) is 65.4 cm³/mol. The molecule has 1 aromatic carbocycles. The first kappa shape index (κ1) is 14.8. The fraction of sp³-hybridized carbons (Fsp3) is 0.500. The van der Waals surface area contributed by atoms with Gasteiger partial charge in [0, 0.05) is 19.1 Å². The highest BCUT2D eigenvalue weighted by Crippen LogP contribution is 2.20. The minimum atomic E-state index is -0.907. The average molecular weight is 256 g/mol. The summed E-state index contributed by atoms with van der Waals surface area (Å²) in [5.74, 6) is -1.54. The molecule has 0 saturated carbocycles. The second-order valence-electron chi connectivity index (χ2n) is 4.35. The van der Waals surface area contributed by atoms with Crippen molar-refractivity contribution in [3.8, 4) is 0 Å². The largest absolute Gasteiger partial charge is 0.368 e. The Morgan fingerprint density at radius 3 is 2.50 bits per heavy atom. The van der Waals surface area contributed by atoms with Crippen LogP contribution in [0.15, 0.2) is 18.2 Å². The van der Waals surface area contributed by atoms with E-state index in [4.69, 9.17) is 4.74 Å². The topological polar surface area (TPSA) is 26.3 Å². The molecule has 0 aromatic heterocycles.